The van der Waals surface area contributed by atoms with Gasteiger partial charge in [0, 0.05) is 17.7 Å². The van der Waals surface area contributed by atoms with Gasteiger partial charge in [0.25, 0.3) is 5.91 Å². The normalized spacial score (nSPS) is 19.2. The summed E-state index contributed by atoms with van der Waals surface area (Å²) in [6.07, 6.45) is 4.60. The molecule has 1 aromatic rings. The Kier molecular flexibility index (Phi) is 8.29. The van der Waals surface area contributed by atoms with Crippen LogP contribution in [-0.2, 0) is 14.4 Å². The number of hydrogen-bond acceptors (Lipinski definition) is 6. The van der Waals surface area contributed by atoms with Crippen LogP contribution in [0, 0.1) is 11.3 Å². The SMILES string of the molecule is N=C(N)Nc1cccc(C(=O)NCC(=O)N[C@]2(N)C(CCCC(=O)O)=CC=CC2C(=O)O)c1. The Morgan fingerprint density at radius 1 is 1.18 bits per heavy atom. The van der Waals surface area contributed by atoms with Crippen LogP contribution in [0.3, 0.4) is 0 Å². The summed E-state index contributed by atoms with van der Waals surface area (Å²) < 4.78 is 0. The molecule has 1 unspecified atom stereocenters. The zero-order valence-electron chi connectivity index (χ0n) is 17.6. The van der Waals surface area contributed by atoms with Gasteiger partial charge in [-0.05, 0) is 36.6 Å². The molecule has 2 amide bonds. The van der Waals surface area contributed by atoms with E-state index in [1.54, 1.807) is 18.2 Å². The predicted octanol–water partition coefficient (Wildman–Crippen LogP) is -0.0551. The molecule has 10 N–H and O–H groups in total. The third-order valence-corrected chi connectivity index (χ3v) is 4.89. The lowest BCUT2D eigenvalue weighted by molar-refractivity contribution is -0.143. The summed E-state index contributed by atoms with van der Waals surface area (Å²) in [5.74, 6) is -5.17. The van der Waals surface area contributed by atoms with Crippen molar-refractivity contribution >= 4 is 35.4 Å². The first-order valence-corrected chi connectivity index (χ1v) is 9.94. The number of rotatable bonds is 10. The fraction of sp³-hybridized carbons (Fsp3) is 0.286. The highest BCUT2D eigenvalue weighted by Gasteiger charge is 2.43. The van der Waals surface area contributed by atoms with Gasteiger partial charge in [0.1, 0.15) is 11.6 Å². The minimum Gasteiger partial charge on any atom is -0.481 e. The molecule has 0 heterocycles. The molecule has 0 bridgehead atoms. The Labute approximate surface area is 189 Å². The van der Waals surface area contributed by atoms with Crippen LogP contribution in [-0.4, -0.2) is 52.1 Å². The van der Waals surface area contributed by atoms with E-state index in [9.17, 15) is 24.3 Å². The topological polar surface area (TPSA) is 221 Å². The minimum atomic E-state index is -1.79. The van der Waals surface area contributed by atoms with E-state index in [1.165, 1.54) is 24.3 Å². The maximum Gasteiger partial charge on any atom is 0.314 e. The second kappa shape index (κ2) is 10.9. The van der Waals surface area contributed by atoms with Gasteiger partial charge in [-0.25, -0.2) is 0 Å². The van der Waals surface area contributed by atoms with Gasteiger partial charge in [-0.1, -0.05) is 24.3 Å². The molecular formula is C21H26N6O6. The van der Waals surface area contributed by atoms with Crippen LogP contribution in [0.5, 0.6) is 0 Å². The highest BCUT2D eigenvalue weighted by molar-refractivity contribution is 5.98. The number of guanidine groups is 1. The van der Waals surface area contributed by atoms with Crippen molar-refractivity contribution in [2.24, 2.45) is 17.4 Å². The molecule has 0 saturated carbocycles. The van der Waals surface area contributed by atoms with E-state index < -0.39 is 41.9 Å². The molecule has 1 aromatic carbocycles. The summed E-state index contributed by atoms with van der Waals surface area (Å²) in [6, 6.07) is 6.10. The number of anilines is 1. The number of nitrogens with two attached hydrogens (primary N) is 2. The molecule has 33 heavy (non-hydrogen) atoms. The number of carbonyl (C=O) groups excluding carboxylic acids is 2. The number of allylic oxidation sites excluding steroid dienone is 2. The largest absolute Gasteiger partial charge is 0.481 e. The standard InChI is InChI=1S/C21H26N6O6/c22-20(23)26-14-7-1-4-12(10-14)18(31)25-11-16(28)27-21(24)13(6-3-9-17(29)30)5-2-8-15(21)19(32)33/h1-2,4-5,7-8,10,15H,3,6,9,11,24H2,(H,25,31)(H,27,28)(H,29,30)(H,32,33)(H4,22,23,26)/t15?,21-/m1/s1. The van der Waals surface area contributed by atoms with Crippen LogP contribution >= 0.6 is 0 Å². The van der Waals surface area contributed by atoms with E-state index >= 15 is 0 Å². The van der Waals surface area contributed by atoms with Crippen LogP contribution in [0.2, 0.25) is 0 Å². The number of carboxylic acid groups (broad SMARTS) is 2. The highest BCUT2D eigenvalue weighted by Crippen LogP contribution is 2.30. The maximum atomic E-state index is 12.6. The molecule has 0 saturated heterocycles. The molecule has 12 heteroatoms. The Morgan fingerprint density at radius 3 is 2.55 bits per heavy atom. The van der Waals surface area contributed by atoms with Crippen molar-refractivity contribution in [2.45, 2.75) is 24.9 Å². The molecule has 1 aliphatic carbocycles. The fourth-order valence-corrected chi connectivity index (χ4v) is 3.36. The van der Waals surface area contributed by atoms with Crippen molar-refractivity contribution in [2.75, 3.05) is 11.9 Å². The van der Waals surface area contributed by atoms with Gasteiger partial charge < -0.3 is 37.6 Å². The van der Waals surface area contributed by atoms with E-state index in [1.807, 2.05) is 0 Å². The van der Waals surface area contributed by atoms with E-state index in [4.69, 9.17) is 22.0 Å². The Morgan fingerprint density at radius 2 is 1.91 bits per heavy atom. The Bertz CT molecular complexity index is 1020. The van der Waals surface area contributed by atoms with Gasteiger partial charge in [0.2, 0.25) is 5.91 Å². The summed E-state index contributed by atoms with van der Waals surface area (Å²) >= 11 is 0. The molecule has 12 nitrogen and oxygen atoms in total. The summed E-state index contributed by atoms with van der Waals surface area (Å²) in [6.45, 7) is -0.486. The average Bonchev–Trinajstić information content (AvgIpc) is 2.72. The average molecular weight is 458 g/mol. The smallest absolute Gasteiger partial charge is 0.314 e. The fourth-order valence-electron chi connectivity index (χ4n) is 3.36. The lowest BCUT2D eigenvalue weighted by Crippen LogP contribution is -2.65. The third kappa shape index (κ3) is 6.90. The van der Waals surface area contributed by atoms with E-state index in [2.05, 4.69) is 16.0 Å². The predicted molar refractivity (Wildman–Crippen MR) is 119 cm³/mol. The van der Waals surface area contributed by atoms with Gasteiger partial charge in [-0.2, -0.15) is 0 Å². The van der Waals surface area contributed by atoms with Gasteiger partial charge in [0.15, 0.2) is 5.96 Å². The van der Waals surface area contributed by atoms with Gasteiger partial charge >= 0.3 is 11.9 Å². The number of aliphatic carboxylic acids is 2. The van der Waals surface area contributed by atoms with E-state index in [-0.39, 0.29) is 30.8 Å². The molecular weight excluding hydrogens is 432 g/mol. The molecule has 2 rings (SSSR count). The second-order valence-corrected chi connectivity index (χ2v) is 7.36. The number of amides is 2. The molecule has 176 valence electrons. The number of benzene rings is 1. The summed E-state index contributed by atoms with van der Waals surface area (Å²) in [4.78, 5) is 47.5. The lowest BCUT2D eigenvalue weighted by atomic mass is 9.80. The van der Waals surface area contributed by atoms with Crippen LogP contribution in [0.4, 0.5) is 5.69 Å². The van der Waals surface area contributed by atoms with Gasteiger partial charge in [-0.15, -0.1) is 0 Å². The van der Waals surface area contributed by atoms with Gasteiger partial charge in [-0.3, -0.25) is 24.6 Å². The molecule has 0 spiro atoms. The zero-order valence-corrected chi connectivity index (χ0v) is 17.6. The summed E-state index contributed by atoms with van der Waals surface area (Å²) in [5, 5.41) is 33.1. The van der Waals surface area contributed by atoms with Crippen LogP contribution in [0.25, 0.3) is 0 Å². The van der Waals surface area contributed by atoms with Crippen molar-refractivity contribution in [3.63, 3.8) is 0 Å². The molecule has 0 aromatic heterocycles. The third-order valence-electron chi connectivity index (χ3n) is 4.89. The van der Waals surface area contributed by atoms with Crippen molar-refractivity contribution in [3.05, 3.63) is 53.6 Å². The Balaban J connectivity index is 2.07. The molecule has 1 aliphatic rings. The van der Waals surface area contributed by atoms with Crippen LogP contribution in [0.15, 0.2) is 48.1 Å². The first-order valence-electron chi connectivity index (χ1n) is 9.94. The number of hydrogen-bond donors (Lipinski definition) is 8. The van der Waals surface area contributed by atoms with Crippen molar-refractivity contribution in [1.29, 1.82) is 5.41 Å². The second-order valence-electron chi connectivity index (χ2n) is 7.36. The maximum absolute atomic E-state index is 12.6. The summed E-state index contributed by atoms with van der Waals surface area (Å²) in [5.41, 5.74) is 10.8. The first kappa shape index (κ1) is 25.1. The first-order chi connectivity index (χ1) is 15.5. The van der Waals surface area contributed by atoms with Crippen molar-refractivity contribution in [1.82, 2.24) is 10.6 Å². The van der Waals surface area contributed by atoms with Crippen LogP contribution < -0.4 is 27.4 Å². The highest BCUT2D eigenvalue weighted by atomic mass is 16.4. The molecule has 2 atom stereocenters. The number of nitrogens with one attached hydrogen (secondary N) is 4. The molecule has 0 radical (unpaired) electrons. The molecule has 0 aliphatic heterocycles. The Hall–Kier alpha value is -4.19. The number of carbonyl (C=O) groups is 4. The minimum absolute atomic E-state index is 0.142. The summed E-state index contributed by atoms with van der Waals surface area (Å²) in [7, 11) is 0. The van der Waals surface area contributed by atoms with Crippen LogP contribution in [0.1, 0.15) is 29.6 Å². The number of carboxylic acids is 2. The van der Waals surface area contributed by atoms with Gasteiger partial charge in [0.05, 0.1) is 6.54 Å². The zero-order chi connectivity index (χ0) is 24.6. The monoisotopic (exact) mass is 458 g/mol. The van der Waals surface area contributed by atoms with Crippen molar-refractivity contribution < 1.29 is 29.4 Å². The quantitative estimate of drug-likeness (QED) is 0.133. The molecule has 0 fully saturated rings. The van der Waals surface area contributed by atoms with Crippen molar-refractivity contribution in [3.8, 4) is 0 Å². The van der Waals surface area contributed by atoms with E-state index in [0.717, 1.165) is 0 Å². The lowest BCUT2D eigenvalue weighted by Gasteiger charge is -2.38. The van der Waals surface area contributed by atoms with E-state index in [0.29, 0.717) is 11.3 Å².